The van der Waals surface area contributed by atoms with Crippen LogP contribution in [-0.4, -0.2) is 29.4 Å². The van der Waals surface area contributed by atoms with Crippen molar-refractivity contribution in [2.24, 2.45) is 0 Å². The molecule has 25 heavy (non-hydrogen) atoms. The van der Waals surface area contributed by atoms with E-state index in [1.54, 1.807) is 0 Å². The van der Waals surface area contributed by atoms with E-state index in [0.29, 0.717) is 12.8 Å². The van der Waals surface area contributed by atoms with Crippen LogP contribution in [0.3, 0.4) is 0 Å². The zero-order valence-corrected chi connectivity index (χ0v) is 20.8. The summed E-state index contributed by atoms with van der Waals surface area (Å²) in [6, 6.07) is 0. The molecule has 0 bridgehead atoms. The maximum Gasteiger partial charge on any atom is 1.00 e. The van der Waals surface area contributed by atoms with E-state index in [9.17, 15) is 18.1 Å². The summed E-state index contributed by atoms with van der Waals surface area (Å²) >= 11 is 0. The molecular formula is C19H39KO4S. The third kappa shape index (κ3) is 18.6. The van der Waals surface area contributed by atoms with Crippen molar-refractivity contribution < 1.29 is 69.5 Å². The van der Waals surface area contributed by atoms with Crippen molar-refractivity contribution in [1.29, 1.82) is 0 Å². The number of rotatable bonds is 17. The van der Waals surface area contributed by atoms with Gasteiger partial charge in [0, 0.05) is 5.25 Å². The molecule has 0 fully saturated rings. The van der Waals surface area contributed by atoms with E-state index in [1.807, 2.05) is 0 Å². The zero-order chi connectivity index (χ0) is 18.3. The van der Waals surface area contributed by atoms with Gasteiger partial charge in [0.05, 0.1) is 16.2 Å². The van der Waals surface area contributed by atoms with Gasteiger partial charge in [0.2, 0.25) is 0 Å². The Morgan fingerprint density at radius 2 is 1.16 bits per heavy atom. The number of unbranched alkanes of at least 4 members (excludes halogenated alkanes) is 8. The molecule has 0 aliphatic heterocycles. The van der Waals surface area contributed by atoms with Crippen LogP contribution in [0.15, 0.2) is 0 Å². The first-order valence-corrected chi connectivity index (χ1v) is 11.5. The Morgan fingerprint density at radius 1 is 0.720 bits per heavy atom. The third-order valence-electron chi connectivity index (χ3n) is 4.72. The van der Waals surface area contributed by atoms with Crippen LogP contribution in [0.2, 0.25) is 0 Å². The first-order valence-electron chi connectivity index (χ1n) is 10.0. The fraction of sp³-hybridized carbons (Fsp3) is 1.00. The maximum atomic E-state index is 11.3. The largest absolute Gasteiger partial charge is 1.00 e. The van der Waals surface area contributed by atoms with Crippen LogP contribution in [-0.2, 0) is 10.1 Å². The average Bonchev–Trinajstić information content (AvgIpc) is 2.50. The van der Waals surface area contributed by atoms with E-state index >= 15 is 0 Å². The summed E-state index contributed by atoms with van der Waals surface area (Å²) in [5, 5.41) is 8.97. The van der Waals surface area contributed by atoms with Crippen molar-refractivity contribution in [2.75, 3.05) is 0 Å². The van der Waals surface area contributed by atoms with E-state index < -0.39 is 15.4 Å². The number of hydrogen-bond acceptors (Lipinski definition) is 4. The number of aliphatic hydroxyl groups is 1. The molecule has 1 N–H and O–H groups in total. The van der Waals surface area contributed by atoms with Gasteiger partial charge in [-0.3, -0.25) is 0 Å². The van der Waals surface area contributed by atoms with Crippen LogP contribution in [0, 0.1) is 0 Å². The van der Waals surface area contributed by atoms with Gasteiger partial charge in [0.25, 0.3) is 0 Å². The van der Waals surface area contributed by atoms with Gasteiger partial charge in [-0.15, -0.1) is 0 Å². The van der Waals surface area contributed by atoms with Crippen molar-refractivity contribution in [2.45, 2.75) is 122 Å². The minimum atomic E-state index is -4.14. The molecular weight excluding hydrogens is 363 g/mol. The summed E-state index contributed by atoms with van der Waals surface area (Å²) in [7, 11) is -4.14. The summed E-state index contributed by atoms with van der Waals surface area (Å²) < 4.78 is 33.9. The van der Waals surface area contributed by atoms with Crippen molar-refractivity contribution in [3.05, 3.63) is 0 Å². The van der Waals surface area contributed by atoms with Gasteiger partial charge in [-0.05, 0) is 25.7 Å². The van der Waals surface area contributed by atoms with Crippen LogP contribution >= 0.6 is 0 Å². The normalized spacial score (nSPS) is 14.1. The third-order valence-corrected chi connectivity index (χ3v) is 6.01. The molecule has 4 nitrogen and oxygen atoms in total. The summed E-state index contributed by atoms with van der Waals surface area (Å²) in [6.07, 6.45) is 14.2. The standard InChI is InChI=1S/C19H40O4S.K/c1-3-5-11-16-19(24(21,22)23)17-13-10-8-6-7-9-12-15-18(20)14-4-2;/h18-20H,3-17H2,1-2H3,(H,21,22,23);/q;+1/p-1. The molecule has 0 radical (unpaired) electrons. The zero-order valence-electron chi connectivity index (χ0n) is 16.8. The molecule has 0 aliphatic rings. The van der Waals surface area contributed by atoms with Crippen LogP contribution in [0.4, 0.5) is 0 Å². The first-order chi connectivity index (χ1) is 11.4. The fourth-order valence-corrected chi connectivity index (χ4v) is 4.08. The Kier molecular flexibility index (Phi) is 21.7. The quantitative estimate of drug-likeness (QED) is 0.230. The van der Waals surface area contributed by atoms with Crippen LogP contribution in [0.25, 0.3) is 0 Å². The molecule has 2 unspecified atom stereocenters. The maximum absolute atomic E-state index is 11.3. The van der Waals surface area contributed by atoms with Gasteiger partial charge < -0.3 is 9.66 Å². The van der Waals surface area contributed by atoms with Crippen molar-refractivity contribution in [3.8, 4) is 0 Å². The minimum absolute atomic E-state index is 0. The molecule has 0 saturated heterocycles. The molecule has 0 heterocycles. The van der Waals surface area contributed by atoms with E-state index in [4.69, 9.17) is 0 Å². The molecule has 0 spiro atoms. The van der Waals surface area contributed by atoms with Gasteiger partial charge >= 0.3 is 51.4 Å². The van der Waals surface area contributed by atoms with Gasteiger partial charge in [0.15, 0.2) is 0 Å². The summed E-state index contributed by atoms with van der Waals surface area (Å²) in [4.78, 5) is 0. The van der Waals surface area contributed by atoms with Crippen molar-refractivity contribution in [3.63, 3.8) is 0 Å². The Hall–Kier alpha value is 1.51. The predicted molar refractivity (Wildman–Crippen MR) is 100 cm³/mol. The van der Waals surface area contributed by atoms with Crippen LogP contribution in [0.1, 0.15) is 110 Å². The van der Waals surface area contributed by atoms with E-state index in [2.05, 4.69) is 13.8 Å². The van der Waals surface area contributed by atoms with Gasteiger partial charge in [-0.2, -0.15) is 0 Å². The Labute approximate surface area is 199 Å². The van der Waals surface area contributed by atoms with Crippen LogP contribution < -0.4 is 51.4 Å². The van der Waals surface area contributed by atoms with E-state index in [1.165, 1.54) is 6.42 Å². The molecule has 2 atom stereocenters. The monoisotopic (exact) mass is 402 g/mol. The van der Waals surface area contributed by atoms with Gasteiger partial charge in [-0.25, -0.2) is 8.42 Å². The fourth-order valence-electron chi connectivity index (χ4n) is 3.17. The first kappa shape index (κ1) is 28.7. The molecule has 0 saturated carbocycles. The molecule has 6 heteroatoms. The van der Waals surface area contributed by atoms with Crippen molar-refractivity contribution >= 4 is 10.1 Å². The predicted octanol–water partition coefficient (Wildman–Crippen LogP) is 2.16. The molecule has 0 rings (SSSR count). The summed E-state index contributed by atoms with van der Waals surface area (Å²) in [5.41, 5.74) is 0. The minimum Gasteiger partial charge on any atom is -0.748 e. The average molecular weight is 403 g/mol. The summed E-state index contributed by atoms with van der Waals surface area (Å²) in [6.45, 7) is 4.17. The Bertz CT molecular complexity index is 374. The Balaban J connectivity index is 0. The molecule has 0 aliphatic carbocycles. The second kappa shape index (κ2) is 18.9. The smallest absolute Gasteiger partial charge is 0.748 e. The molecule has 0 amide bonds. The molecule has 146 valence electrons. The number of aliphatic hydroxyl groups excluding tert-OH is 1. The van der Waals surface area contributed by atoms with Gasteiger partial charge in [-0.1, -0.05) is 84.5 Å². The Morgan fingerprint density at radius 3 is 1.60 bits per heavy atom. The molecule has 0 aromatic heterocycles. The SMILES string of the molecule is CCCCCC(CCCCCCCCCC(O)CCC)S(=O)(=O)[O-].[K+]. The van der Waals surface area contributed by atoms with E-state index in [-0.39, 0.29) is 57.5 Å². The summed E-state index contributed by atoms with van der Waals surface area (Å²) in [5.74, 6) is 0. The van der Waals surface area contributed by atoms with Crippen LogP contribution in [0.5, 0.6) is 0 Å². The number of hydrogen-bond donors (Lipinski definition) is 1. The van der Waals surface area contributed by atoms with Crippen molar-refractivity contribution in [1.82, 2.24) is 0 Å². The topological polar surface area (TPSA) is 77.4 Å². The second-order valence-corrected chi connectivity index (χ2v) is 8.76. The van der Waals surface area contributed by atoms with Gasteiger partial charge in [0.1, 0.15) is 0 Å². The molecule has 0 aromatic carbocycles. The second-order valence-electron chi connectivity index (χ2n) is 7.11. The molecule has 0 aromatic rings. The van der Waals surface area contributed by atoms with E-state index in [0.717, 1.165) is 77.0 Å².